The highest BCUT2D eigenvalue weighted by Crippen LogP contribution is 2.34. The molecule has 1 saturated heterocycles. The number of benzene rings is 2. The zero-order chi connectivity index (χ0) is 19.6. The van der Waals surface area contributed by atoms with E-state index in [9.17, 15) is 19.7 Å². The quantitative estimate of drug-likeness (QED) is 0.377. The summed E-state index contributed by atoms with van der Waals surface area (Å²) in [5, 5.41) is 10.4. The number of carbonyl (C=O) groups excluding carboxylic acids is 2. The normalized spacial score (nSPS) is 15.5. The van der Waals surface area contributed by atoms with E-state index in [-0.39, 0.29) is 23.4 Å². The van der Waals surface area contributed by atoms with Gasteiger partial charge in [0.2, 0.25) is 0 Å². The van der Waals surface area contributed by atoms with Gasteiger partial charge in [0.25, 0.3) is 16.8 Å². The third-order valence-electron chi connectivity index (χ3n) is 3.79. The van der Waals surface area contributed by atoms with Gasteiger partial charge in [-0.25, -0.2) is 0 Å². The Kier molecular flexibility index (Phi) is 5.62. The lowest BCUT2D eigenvalue weighted by Gasteiger charge is -2.10. The third-order valence-corrected chi connectivity index (χ3v) is 5.24. The molecule has 1 aliphatic heterocycles. The first kappa shape index (κ1) is 19.1. The van der Waals surface area contributed by atoms with Gasteiger partial charge in [0.15, 0.2) is 0 Å². The smallest absolute Gasteiger partial charge is 0.293 e. The predicted molar refractivity (Wildman–Crippen MR) is 105 cm³/mol. The van der Waals surface area contributed by atoms with Crippen LogP contribution in [0.3, 0.4) is 0 Å². The first-order valence-electron chi connectivity index (χ1n) is 7.72. The number of hydrogen-bond acceptors (Lipinski definition) is 6. The van der Waals surface area contributed by atoms with Gasteiger partial charge in [-0.1, -0.05) is 15.9 Å². The van der Waals surface area contributed by atoms with Crippen molar-refractivity contribution in [3.8, 4) is 5.75 Å². The highest BCUT2D eigenvalue weighted by molar-refractivity contribution is 9.10. The van der Waals surface area contributed by atoms with Crippen molar-refractivity contribution in [3.05, 3.63) is 73.1 Å². The van der Waals surface area contributed by atoms with E-state index in [1.807, 2.05) is 0 Å². The average molecular weight is 449 g/mol. The van der Waals surface area contributed by atoms with Crippen molar-refractivity contribution in [3.63, 3.8) is 0 Å². The van der Waals surface area contributed by atoms with Gasteiger partial charge >= 0.3 is 0 Å². The second kappa shape index (κ2) is 7.93. The number of nitrogens with zero attached hydrogens (tertiary/aromatic N) is 2. The molecule has 2 aromatic carbocycles. The maximum atomic E-state index is 12.1. The number of rotatable bonds is 5. The molecule has 1 heterocycles. The second-order valence-corrected chi connectivity index (χ2v) is 7.54. The van der Waals surface area contributed by atoms with Crippen molar-refractivity contribution in [2.45, 2.75) is 6.61 Å². The molecular weight excluding hydrogens is 436 g/mol. The number of hydrogen-bond donors (Lipinski definition) is 0. The topological polar surface area (TPSA) is 89.8 Å². The van der Waals surface area contributed by atoms with Crippen molar-refractivity contribution < 1.29 is 19.2 Å². The monoisotopic (exact) mass is 448 g/mol. The number of halogens is 1. The molecule has 1 aliphatic rings. The van der Waals surface area contributed by atoms with E-state index in [0.29, 0.717) is 16.2 Å². The number of amides is 2. The standard InChI is InChI=1S/C18H13BrN2O5S/c1-20-17(22)16(27-18(20)23)9-12-8-13(19)4-7-15(12)26-10-11-2-5-14(6-3-11)21(24)25/h2-9H,10H2,1H3/b16-9-. The molecule has 0 radical (unpaired) electrons. The van der Waals surface area contributed by atoms with Crippen molar-refractivity contribution in [1.82, 2.24) is 4.90 Å². The number of imide groups is 1. The Morgan fingerprint density at radius 2 is 1.93 bits per heavy atom. The molecule has 7 nitrogen and oxygen atoms in total. The fourth-order valence-corrected chi connectivity index (χ4v) is 3.52. The Hall–Kier alpha value is -2.65. The summed E-state index contributed by atoms with van der Waals surface area (Å²) in [5.74, 6) is 0.172. The van der Waals surface area contributed by atoms with Crippen LogP contribution in [0.2, 0.25) is 0 Å². The molecular formula is C18H13BrN2O5S. The number of nitro benzene ring substituents is 1. The van der Waals surface area contributed by atoms with Gasteiger partial charge in [-0.2, -0.15) is 0 Å². The fourth-order valence-electron chi connectivity index (χ4n) is 2.33. The van der Waals surface area contributed by atoms with E-state index in [2.05, 4.69) is 15.9 Å². The van der Waals surface area contributed by atoms with Gasteiger partial charge in [0.1, 0.15) is 12.4 Å². The van der Waals surface area contributed by atoms with Gasteiger partial charge in [-0.3, -0.25) is 24.6 Å². The van der Waals surface area contributed by atoms with Crippen molar-refractivity contribution in [1.29, 1.82) is 0 Å². The molecule has 2 aromatic rings. The molecule has 0 atom stereocenters. The molecule has 0 bridgehead atoms. The van der Waals surface area contributed by atoms with Crippen LogP contribution in [0.5, 0.6) is 5.75 Å². The summed E-state index contributed by atoms with van der Waals surface area (Å²) in [4.78, 5) is 35.4. The molecule has 2 amide bonds. The number of non-ortho nitro benzene ring substituents is 1. The summed E-state index contributed by atoms with van der Waals surface area (Å²) >= 11 is 4.26. The molecule has 27 heavy (non-hydrogen) atoms. The Morgan fingerprint density at radius 1 is 1.22 bits per heavy atom. The maximum absolute atomic E-state index is 12.1. The molecule has 0 spiro atoms. The van der Waals surface area contributed by atoms with Gasteiger partial charge in [-0.05, 0) is 53.7 Å². The van der Waals surface area contributed by atoms with Crippen LogP contribution < -0.4 is 4.74 Å². The first-order valence-corrected chi connectivity index (χ1v) is 9.33. The summed E-state index contributed by atoms with van der Waals surface area (Å²) in [6.45, 7) is 0.204. The number of thioether (sulfide) groups is 1. The Bertz CT molecular complexity index is 959. The summed E-state index contributed by atoms with van der Waals surface area (Å²) < 4.78 is 6.62. The van der Waals surface area contributed by atoms with Crippen LogP contribution in [0.1, 0.15) is 11.1 Å². The van der Waals surface area contributed by atoms with Crippen molar-refractivity contribution in [2.75, 3.05) is 7.05 Å². The molecule has 0 unspecified atom stereocenters. The zero-order valence-electron chi connectivity index (χ0n) is 14.0. The molecule has 0 N–H and O–H groups in total. The van der Waals surface area contributed by atoms with E-state index in [0.717, 1.165) is 26.7 Å². The summed E-state index contributed by atoms with van der Waals surface area (Å²) in [5.41, 5.74) is 1.42. The van der Waals surface area contributed by atoms with Crippen molar-refractivity contribution >= 4 is 50.6 Å². The van der Waals surface area contributed by atoms with Crippen LogP contribution >= 0.6 is 27.7 Å². The van der Waals surface area contributed by atoms with Crippen LogP contribution in [0.25, 0.3) is 6.08 Å². The SMILES string of the molecule is CN1C(=O)S/C(=C\c2cc(Br)ccc2OCc2ccc([N+](=O)[O-])cc2)C1=O. The van der Waals surface area contributed by atoms with Gasteiger partial charge < -0.3 is 4.74 Å². The van der Waals surface area contributed by atoms with E-state index < -0.39 is 4.92 Å². The van der Waals surface area contributed by atoms with Crippen LogP contribution in [0.4, 0.5) is 10.5 Å². The lowest BCUT2D eigenvalue weighted by atomic mass is 10.1. The number of carbonyl (C=O) groups is 2. The predicted octanol–water partition coefficient (Wildman–Crippen LogP) is 4.60. The van der Waals surface area contributed by atoms with Crippen LogP contribution in [-0.4, -0.2) is 28.0 Å². The first-order chi connectivity index (χ1) is 12.8. The van der Waals surface area contributed by atoms with E-state index in [4.69, 9.17) is 4.74 Å². The Labute approximate surface area is 167 Å². The number of likely N-dealkylation sites (N-methyl/N-ethyl adjacent to an activating group) is 1. The van der Waals surface area contributed by atoms with Gasteiger partial charge in [0, 0.05) is 29.2 Å². The number of ether oxygens (including phenoxy) is 1. The van der Waals surface area contributed by atoms with Crippen LogP contribution in [-0.2, 0) is 11.4 Å². The molecule has 0 aliphatic carbocycles. The largest absolute Gasteiger partial charge is 0.488 e. The van der Waals surface area contributed by atoms with E-state index in [1.54, 1.807) is 36.4 Å². The van der Waals surface area contributed by atoms with Crippen LogP contribution in [0, 0.1) is 10.1 Å². The summed E-state index contributed by atoms with van der Waals surface area (Å²) in [7, 11) is 1.44. The number of nitro groups is 1. The highest BCUT2D eigenvalue weighted by atomic mass is 79.9. The second-order valence-electron chi connectivity index (χ2n) is 5.64. The lowest BCUT2D eigenvalue weighted by Crippen LogP contribution is -2.22. The minimum atomic E-state index is -0.460. The van der Waals surface area contributed by atoms with Crippen molar-refractivity contribution in [2.24, 2.45) is 0 Å². The average Bonchev–Trinajstić information content (AvgIpc) is 2.88. The summed E-state index contributed by atoms with van der Waals surface area (Å²) in [6.07, 6.45) is 1.62. The van der Waals surface area contributed by atoms with Gasteiger partial charge in [0.05, 0.1) is 9.83 Å². The van der Waals surface area contributed by atoms with Crippen LogP contribution in [0.15, 0.2) is 51.8 Å². The molecule has 138 valence electrons. The maximum Gasteiger partial charge on any atom is 0.293 e. The van der Waals surface area contributed by atoms with E-state index >= 15 is 0 Å². The minimum Gasteiger partial charge on any atom is -0.488 e. The molecule has 9 heteroatoms. The fraction of sp³-hybridized carbons (Fsp3) is 0.111. The Morgan fingerprint density at radius 3 is 2.52 bits per heavy atom. The Balaban J connectivity index is 1.81. The highest BCUT2D eigenvalue weighted by Gasteiger charge is 2.32. The minimum absolute atomic E-state index is 0.0124. The molecule has 0 aromatic heterocycles. The third kappa shape index (κ3) is 4.37. The van der Waals surface area contributed by atoms with Gasteiger partial charge in [-0.15, -0.1) is 0 Å². The zero-order valence-corrected chi connectivity index (χ0v) is 16.5. The molecule has 3 rings (SSSR count). The lowest BCUT2D eigenvalue weighted by molar-refractivity contribution is -0.384. The van der Waals surface area contributed by atoms with E-state index in [1.165, 1.54) is 19.2 Å². The molecule has 1 fully saturated rings. The summed E-state index contributed by atoms with van der Waals surface area (Å²) in [6, 6.07) is 11.4. The molecule has 0 saturated carbocycles.